The molecule has 8 heteroatoms. The van der Waals surface area contributed by atoms with Crippen molar-refractivity contribution in [3.63, 3.8) is 0 Å². The molecule has 0 atom stereocenters. The molecule has 1 heterocycles. The van der Waals surface area contributed by atoms with Gasteiger partial charge in [-0.15, -0.1) is 0 Å². The number of para-hydroxylation sites is 1. The first-order chi connectivity index (χ1) is 14.4. The summed E-state index contributed by atoms with van der Waals surface area (Å²) in [5.74, 6) is -1.90. The summed E-state index contributed by atoms with van der Waals surface area (Å²) in [5, 5.41) is -0.0791. The highest BCUT2D eigenvalue weighted by Gasteiger charge is 2.40. The largest absolute Gasteiger partial charge is 0.496 e. The zero-order valence-electron chi connectivity index (χ0n) is 17.4. The minimum atomic E-state index is -4.94. The van der Waals surface area contributed by atoms with E-state index < -0.39 is 28.9 Å². The second-order valence-corrected chi connectivity index (χ2v) is 8.20. The van der Waals surface area contributed by atoms with E-state index in [4.69, 9.17) is 13.9 Å². The van der Waals surface area contributed by atoms with Crippen LogP contribution in [0.1, 0.15) is 33.0 Å². The molecule has 31 heavy (non-hydrogen) atoms. The van der Waals surface area contributed by atoms with Gasteiger partial charge in [0.15, 0.2) is 0 Å². The van der Waals surface area contributed by atoms with Gasteiger partial charge in [0.25, 0.3) is 0 Å². The topological polar surface area (TPSA) is 65.7 Å². The molecule has 0 aliphatic heterocycles. The molecule has 164 valence electrons. The van der Waals surface area contributed by atoms with E-state index in [1.165, 1.54) is 37.4 Å². The van der Waals surface area contributed by atoms with Gasteiger partial charge in [-0.05, 0) is 23.6 Å². The zero-order chi connectivity index (χ0) is 23.0. The number of carbonyl (C=O) groups is 1. The number of ether oxygens (including phenoxy) is 2. The van der Waals surface area contributed by atoms with Crippen LogP contribution in [0.2, 0.25) is 0 Å². The van der Waals surface area contributed by atoms with E-state index in [-0.39, 0.29) is 39.9 Å². The third kappa shape index (κ3) is 4.90. The molecule has 0 amide bonds. The van der Waals surface area contributed by atoms with Gasteiger partial charge in [-0.2, -0.15) is 13.2 Å². The molecule has 3 rings (SSSR count). The van der Waals surface area contributed by atoms with E-state index in [9.17, 15) is 22.8 Å². The van der Waals surface area contributed by atoms with E-state index in [1.807, 2.05) is 20.8 Å². The number of halogens is 3. The lowest BCUT2D eigenvalue weighted by Crippen LogP contribution is -2.18. The molecule has 0 N–H and O–H groups in total. The van der Waals surface area contributed by atoms with Gasteiger partial charge in [-0.3, -0.25) is 9.59 Å². The van der Waals surface area contributed by atoms with E-state index in [2.05, 4.69) is 0 Å². The molecule has 2 aromatic carbocycles. The van der Waals surface area contributed by atoms with Crippen molar-refractivity contribution < 1.29 is 31.9 Å². The zero-order valence-corrected chi connectivity index (χ0v) is 17.4. The van der Waals surface area contributed by atoms with Crippen LogP contribution >= 0.6 is 0 Å². The van der Waals surface area contributed by atoms with Crippen LogP contribution in [-0.2, 0) is 11.0 Å². The first-order valence-electron chi connectivity index (χ1n) is 9.43. The Balaban J connectivity index is 2.18. The summed E-state index contributed by atoms with van der Waals surface area (Å²) < 4.78 is 56.9. The molecular formula is C23H21F3O5. The van der Waals surface area contributed by atoms with Crippen LogP contribution in [0.4, 0.5) is 13.2 Å². The number of fused-ring (bicyclic) bond motifs is 1. The Morgan fingerprint density at radius 3 is 2.35 bits per heavy atom. The quantitative estimate of drug-likeness (QED) is 0.382. The summed E-state index contributed by atoms with van der Waals surface area (Å²) in [5.41, 5.74) is -2.21. The smallest absolute Gasteiger partial charge is 0.450 e. The standard InChI is InChI=1S/C23H21F3O5/c1-22(2,3)12-18(27)30-13-9-10-15-17(11-13)31-21(23(24,25)26)19(20(15)28)14-7-5-6-8-16(14)29-4/h5-11H,12H2,1-4H3. The average Bonchev–Trinajstić information content (AvgIpc) is 2.65. The highest BCUT2D eigenvalue weighted by Crippen LogP contribution is 2.40. The van der Waals surface area contributed by atoms with E-state index in [0.717, 1.165) is 6.07 Å². The van der Waals surface area contributed by atoms with Crippen molar-refractivity contribution in [1.82, 2.24) is 0 Å². The van der Waals surface area contributed by atoms with Crippen LogP contribution < -0.4 is 14.9 Å². The predicted octanol–water partition coefficient (Wildman–Crippen LogP) is 5.83. The minimum Gasteiger partial charge on any atom is -0.496 e. The Morgan fingerprint density at radius 2 is 1.74 bits per heavy atom. The maximum atomic E-state index is 13.8. The SMILES string of the molecule is COc1ccccc1-c1c(C(F)(F)F)oc2cc(OC(=O)CC(C)(C)C)ccc2c1=O. The first-order valence-corrected chi connectivity index (χ1v) is 9.43. The highest BCUT2D eigenvalue weighted by molar-refractivity contribution is 5.86. The van der Waals surface area contributed by atoms with Gasteiger partial charge in [0, 0.05) is 11.6 Å². The second kappa shape index (κ2) is 8.09. The fraction of sp³-hybridized carbons (Fsp3) is 0.304. The summed E-state index contributed by atoms with van der Waals surface area (Å²) in [7, 11) is 1.30. The summed E-state index contributed by atoms with van der Waals surface area (Å²) in [6, 6.07) is 9.62. The van der Waals surface area contributed by atoms with Gasteiger partial charge >= 0.3 is 12.1 Å². The Kier molecular flexibility index (Phi) is 5.85. The molecule has 0 unspecified atom stereocenters. The molecular weight excluding hydrogens is 413 g/mol. The van der Waals surface area contributed by atoms with Gasteiger partial charge < -0.3 is 13.9 Å². The Labute approximate surface area is 176 Å². The van der Waals surface area contributed by atoms with Crippen molar-refractivity contribution in [3.05, 3.63) is 58.4 Å². The van der Waals surface area contributed by atoms with Crippen molar-refractivity contribution in [1.29, 1.82) is 0 Å². The van der Waals surface area contributed by atoms with Crippen molar-refractivity contribution in [2.24, 2.45) is 5.41 Å². The summed E-state index contributed by atoms with van der Waals surface area (Å²) in [6.45, 7) is 5.55. The number of hydrogen-bond donors (Lipinski definition) is 0. The average molecular weight is 434 g/mol. The lowest BCUT2D eigenvalue weighted by molar-refractivity contribution is -0.152. The monoisotopic (exact) mass is 434 g/mol. The third-order valence-corrected chi connectivity index (χ3v) is 4.40. The molecule has 0 aliphatic rings. The fourth-order valence-corrected chi connectivity index (χ4v) is 3.13. The molecule has 5 nitrogen and oxygen atoms in total. The Hall–Kier alpha value is -3.29. The van der Waals surface area contributed by atoms with Gasteiger partial charge in [-0.25, -0.2) is 0 Å². The lowest BCUT2D eigenvalue weighted by atomic mass is 9.92. The molecule has 3 aromatic rings. The predicted molar refractivity (Wildman–Crippen MR) is 109 cm³/mol. The fourth-order valence-electron chi connectivity index (χ4n) is 3.13. The normalized spacial score (nSPS) is 12.1. The number of methoxy groups -OCH3 is 1. The number of benzene rings is 2. The first kappa shape index (κ1) is 22.4. The molecule has 0 saturated carbocycles. The van der Waals surface area contributed by atoms with Gasteiger partial charge in [0.05, 0.1) is 24.5 Å². The number of carbonyl (C=O) groups excluding carboxylic acids is 1. The Morgan fingerprint density at radius 1 is 1.06 bits per heavy atom. The number of alkyl halides is 3. The van der Waals surface area contributed by atoms with Crippen LogP contribution in [-0.4, -0.2) is 13.1 Å². The molecule has 0 spiro atoms. The van der Waals surface area contributed by atoms with E-state index in [0.29, 0.717) is 0 Å². The van der Waals surface area contributed by atoms with E-state index in [1.54, 1.807) is 6.07 Å². The summed E-state index contributed by atoms with van der Waals surface area (Å²) in [4.78, 5) is 25.1. The lowest BCUT2D eigenvalue weighted by Gasteiger charge is -2.17. The van der Waals surface area contributed by atoms with Crippen LogP contribution in [0, 0.1) is 5.41 Å². The van der Waals surface area contributed by atoms with Gasteiger partial charge in [0.1, 0.15) is 17.1 Å². The van der Waals surface area contributed by atoms with Crippen molar-refractivity contribution >= 4 is 16.9 Å². The van der Waals surface area contributed by atoms with Crippen molar-refractivity contribution in [2.45, 2.75) is 33.4 Å². The second-order valence-electron chi connectivity index (χ2n) is 8.20. The van der Waals surface area contributed by atoms with Crippen LogP contribution in [0.25, 0.3) is 22.1 Å². The van der Waals surface area contributed by atoms with Crippen molar-refractivity contribution in [2.75, 3.05) is 7.11 Å². The molecule has 1 aromatic heterocycles. The van der Waals surface area contributed by atoms with E-state index >= 15 is 0 Å². The molecule has 0 radical (unpaired) electrons. The Bertz CT molecular complexity index is 1190. The summed E-state index contributed by atoms with van der Waals surface area (Å²) >= 11 is 0. The third-order valence-electron chi connectivity index (χ3n) is 4.40. The molecule has 0 bridgehead atoms. The maximum Gasteiger partial charge on any atom is 0.450 e. The van der Waals surface area contributed by atoms with Gasteiger partial charge in [0.2, 0.25) is 11.2 Å². The number of esters is 1. The molecule has 0 fully saturated rings. The highest BCUT2D eigenvalue weighted by atomic mass is 19.4. The minimum absolute atomic E-state index is 0.0110. The van der Waals surface area contributed by atoms with Crippen LogP contribution in [0.5, 0.6) is 11.5 Å². The van der Waals surface area contributed by atoms with Crippen LogP contribution in [0.15, 0.2) is 51.7 Å². The number of hydrogen-bond acceptors (Lipinski definition) is 5. The molecule has 0 saturated heterocycles. The van der Waals surface area contributed by atoms with Gasteiger partial charge in [-0.1, -0.05) is 39.0 Å². The van der Waals surface area contributed by atoms with Crippen LogP contribution in [0.3, 0.4) is 0 Å². The molecule has 0 aliphatic carbocycles. The summed E-state index contributed by atoms with van der Waals surface area (Å²) in [6.07, 6.45) is -4.84. The number of rotatable bonds is 4. The maximum absolute atomic E-state index is 13.8. The van der Waals surface area contributed by atoms with Crippen molar-refractivity contribution in [3.8, 4) is 22.6 Å².